The van der Waals surface area contributed by atoms with Gasteiger partial charge >= 0.3 is 5.97 Å². The summed E-state index contributed by atoms with van der Waals surface area (Å²) in [4.78, 5) is 41.8. The van der Waals surface area contributed by atoms with Gasteiger partial charge in [0.05, 0.1) is 30.6 Å². The molecule has 3 aromatic heterocycles. The van der Waals surface area contributed by atoms with Crippen molar-refractivity contribution in [2.24, 2.45) is 5.92 Å². The van der Waals surface area contributed by atoms with Gasteiger partial charge in [0.1, 0.15) is 35.4 Å². The first kappa shape index (κ1) is 31.5. The number of aliphatic carboxylic acids is 1. The van der Waals surface area contributed by atoms with E-state index in [1.165, 1.54) is 27.6 Å². The summed E-state index contributed by atoms with van der Waals surface area (Å²) in [6, 6.07) is 5.94. The Balaban J connectivity index is 1.43. The summed E-state index contributed by atoms with van der Waals surface area (Å²) in [6.45, 7) is 10.1. The molecule has 3 N–H and O–H groups in total. The molecule has 0 spiro atoms. The number of likely N-dealkylation sites (tertiary alicyclic amines) is 1. The molecule has 1 aromatic carbocycles. The van der Waals surface area contributed by atoms with Crippen molar-refractivity contribution in [3.8, 4) is 22.9 Å². The quantitative estimate of drug-likeness (QED) is 0.175. The van der Waals surface area contributed by atoms with Gasteiger partial charge in [0.15, 0.2) is 10.3 Å². The van der Waals surface area contributed by atoms with Crippen molar-refractivity contribution in [2.45, 2.75) is 71.7 Å². The van der Waals surface area contributed by atoms with Gasteiger partial charge in [-0.15, -0.1) is 22.7 Å². The number of aromatic nitrogens is 3. The second kappa shape index (κ2) is 13.3. The van der Waals surface area contributed by atoms with Gasteiger partial charge in [0.2, 0.25) is 5.91 Å². The Morgan fingerprint density at radius 1 is 1.05 bits per heavy atom. The maximum atomic E-state index is 13.9. The summed E-state index contributed by atoms with van der Waals surface area (Å²) >= 11 is 2.93. The molecular weight excluding hydrogens is 601 g/mol. The lowest BCUT2D eigenvalue weighted by molar-refractivity contribution is -0.148. The Morgan fingerprint density at radius 3 is 2.45 bits per heavy atom. The Hall–Kier alpha value is -3.97. The Morgan fingerprint density at radius 2 is 1.80 bits per heavy atom. The molecule has 0 saturated carbocycles. The molecule has 1 aliphatic heterocycles. The Labute approximate surface area is 264 Å². The number of carbonyl (C=O) groups is 2. The van der Waals surface area contributed by atoms with E-state index in [1.54, 1.807) is 7.11 Å². The molecule has 4 heterocycles. The van der Waals surface area contributed by atoms with Crippen molar-refractivity contribution in [1.82, 2.24) is 19.9 Å². The number of nitrogens with one attached hydrogen (secondary N) is 2. The maximum absolute atomic E-state index is 13.9. The van der Waals surface area contributed by atoms with E-state index >= 15 is 0 Å². The monoisotopic (exact) mass is 638 g/mol. The van der Waals surface area contributed by atoms with E-state index in [2.05, 4.69) is 15.6 Å². The Kier molecular flexibility index (Phi) is 9.54. The predicted molar refractivity (Wildman–Crippen MR) is 174 cm³/mol. The number of rotatable bonds is 12. The molecule has 11 nitrogen and oxygen atoms in total. The zero-order valence-corrected chi connectivity index (χ0v) is 27.3. The summed E-state index contributed by atoms with van der Waals surface area (Å²) in [5.41, 5.74) is 2.91. The number of hydrogen-bond acceptors (Lipinski definition) is 11. The van der Waals surface area contributed by atoms with E-state index in [4.69, 9.17) is 19.4 Å². The lowest BCUT2D eigenvalue weighted by Gasteiger charge is -2.29. The van der Waals surface area contributed by atoms with E-state index in [-0.39, 0.29) is 30.8 Å². The van der Waals surface area contributed by atoms with Crippen LogP contribution in [0.5, 0.6) is 11.5 Å². The third-order valence-electron chi connectivity index (χ3n) is 7.41. The normalized spacial score (nSPS) is 17.3. The molecule has 5 rings (SSSR count). The van der Waals surface area contributed by atoms with E-state index < -0.39 is 24.2 Å². The molecule has 0 radical (unpaired) electrons. The SMILES string of the molecule is CCc1csc(N[C@H](C(=O)N2C[C@H](Oc3cc(-c4csc(NC(C)C)n4)nc4cc(OC)ccc34)C[C@H]2C(=O)O)C(C)C)n1. The van der Waals surface area contributed by atoms with Crippen LogP contribution in [0.4, 0.5) is 10.3 Å². The lowest BCUT2D eigenvalue weighted by atomic mass is 10.0. The number of ether oxygens (including phenoxy) is 2. The number of hydrogen-bond donors (Lipinski definition) is 3. The number of amides is 1. The van der Waals surface area contributed by atoms with Crippen molar-refractivity contribution in [3.63, 3.8) is 0 Å². The molecule has 13 heteroatoms. The first-order valence-corrected chi connectivity index (χ1v) is 16.4. The van der Waals surface area contributed by atoms with Gasteiger partial charge in [-0.05, 0) is 38.3 Å². The van der Waals surface area contributed by atoms with Gasteiger partial charge in [-0.25, -0.2) is 19.7 Å². The van der Waals surface area contributed by atoms with Crippen molar-refractivity contribution in [1.29, 1.82) is 0 Å². The van der Waals surface area contributed by atoms with Gasteiger partial charge in [-0.1, -0.05) is 20.8 Å². The fraction of sp³-hybridized carbons (Fsp3) is 0.452. The van der Waals surface area contributed by atoms with Crippen LogP contribution in [-0.4, -0.2) is 74.7 Å². The summed E-state index contributed by atoms with van der Waals surface area (Å²) in [5.74, 6) is -0.260. The molecule has 44 heavy (non-hydrogen) atoms. The highest BCUT2D eigenvalue weighted by atomic mass is 32.1. The fourth-order valence-corrected chi connectivity index (χ4v) is 6.82. The fourth-order valence-electron chi connectivity index (χ4n) is 5.14. The third kappa shape index (κ3) is 6.88. The summed E-state index contributed by atoms with van der Waals surface area (Å²) < 4.78 is 12.0. The average Bonchev–Trinajstić information content (AvgIpc) is 3.75. The number of thiazole rings is 2. The van der Waals surface area contributed by atoms with Gasteiger partial charge < -0.3 is 30.1 Å². The first-order chi connectivity index (χ1) is 21.1. The van der Waals surface area contributed by atoms with Crippen LogP contribution in [0.15, 0.2) is 35.0 Å². The van der Waals surface area contributed by atoms with Gasteiger partial charge in [0.25, 0.3) is 0 Å². The summed E-state index contributed by atoms with van der Waals surface area (Å²) in [7, 11) is 1.60. The molecule has 0 unspecified atom stereocenters. The van der Waals surface area contributed by atoms with Crippen LogP contribution < -0.4 is 20.1 Å². The second-order valence-electron chi connectivity index (χ2n) is 11.4. The topological polar surface area (TPSA) is 139 Å². The molecule has 4 aromatic rings. The van der Waals surface area contributed by atoms with Crippen molar-refractivity contribution in [2.75, 3.05) is 24.3 Å². The van der Waals surface area contributed by atoms with Crippen LogP contribution in [0.3, 0.4) is 0 Å². The molecule has 1 amide bonds. The zero-order chi connectivity index (χ0) is 31.5. The number of fused-ring (bicyclic) bond motifs is 1. The number of nitrogens with zero attached hydrogens (tertiary/aromatic N) is 4. The third-order valence-corrected chi connectivity index (χ3v) is 9.00. The minimum absolute atomic E-state index is 0.0965. The number of carboxylic acid groups (broad SMARTS) is 1. The zero-order valence-electron chi connectivity index (χ0n) is 25.7. The van der Waals surface area contributed by atoms with E-state index in [0.29, 0.717) is 33.5 Å². The molecule has 3 atom stereocenters. The molecule has 0 aliphatic carbocycles. The second-order valence-corrected chi connectivity index (χ2v) is 13.1. The molecule has 1 fully saturated rings. The van der Waals surface area contributed by atoms with E-state index in [9.17, 15) is 14.7 Å². The van der Waals surface area contributed by atoms with E-state index in [1.807, 2.05) is 69.6 Å². The molecular formula is C31H38N6O5S2. The number of benzene rings is 1. The molecule has 1 aliphatic rings. The van der Waals surface area contributed by atoms with E-state index in [0.717, 1.165) is 22.6 Å². The largest absolute Gasteiger partial charge is 0.497 e. The number of anilines is 2. The summed E-state index contributed by atoms with van der Waals surface area (Å²) in [5, 5.41) is 22.8. The van der Waals surface area contributed by atoms with Gasteiger partial charge in [0, 0.05) is 40.7 Å². The number of pyridine rings is 1. The number of carboxylic acids is 1. The Bertz CT molecular complexity index is 1640. The van der Waals surface area contributed by atoms with Crippen LogP contribution in [-0.2, 0) is 16.0 Å². The maximum Gasteiger partial charge on any atom is 0.326 e. The highest BCUT2D eigenvalue weighted by Gasteiger charge is 2.43. The van der Waals surface area contributed by atoms with Crippen molar-refractivity contribution < 1.29 is 24.2 Å². The van der Waals surface area contributed by atoms with Gasteiger partial charge in [-0.2, -0.15) is 0 Å². The average molecular weight is 639 g/mol. The van der Waals surface area contributed by atoms with Crippen molar-refractivity contribution >= 4 is 55.7 Å². The first-order valence-electron chi connectivity index (χ1n) is 14.7. The summed E-state index contributed by atoms with van der Waals surface area (Å²) in [6.07, 6.45) is 0.396. The minimum Gasteiger partial charge on any atom is -0.497 e. The van der Waals surface area contributed by atoms with Crippen LogP contribution >= 0.6 is 22.7 Å². The van der Waals surface area contributed by atoms with Crippen LogP contribution in [0.1, 0.15) is 46.7 Å². The standard InChI is InChI=1S/C31H38N6O5S2/c1-7-18-14-43-31(33-18)36-27(16(2)3)28(38)37-13-20(11-25(37)29(39)40)42-26-12-23(24-15-44-30(35-24)32-17(4)5)34-22-10-19(41-6)8-9-21(22)26/h8-10,12,14-17,20,25,27H,7,11,13H2,1-6H3,(H,32,35)(H,33,36)(H,39,40)/t20-,25+,27+/m1/s1. The molecule has 0 bridgehead atoms. The molecule has 1 saturated heterocycles. The molecule has 234 valence electrons. The highest BCUT2D eigenvalue weighted by Crippen LogP contribution is 2.36. The minimum atomic E-state index is -1.06. The van der Waals surface area contributed by atoms with Crippen LogP contribution in [0, 0.1) is 5.92 Å². The van der Waals surface area contributed by atoms with Crippen LogP contribution in [0.25, 0.3) is 22.3 Å². The van der Waals surface area contributed by atoms with Crippen LogP contribution in [0.2, 0.25) is 0 Å². The predicted octanol–water partition coefficient (Wildman–Crippen LogP) is 5.78. The number of methoxy groups -OCH3 is 1. The van der Waals surface area contributed by atoms with Gasteiger partial charge in [-0.3, -0.25) is 4.79 Å². The number of aryl methyl sites for hydroxylation is 1. The smallest absolute Gasteiger partial charge is 0.326 e. The lowest BCUT2D eigenvalue weighted by Crippen LogP contribution is -2.50. The highest BCUT2D eigenvalue weighted by molar-refractivity contribution is 7.14. The van der Waals surface area contributed by atoms with Crippen molar-refractivity contribution in [3.05, 3.63) is 40.7 Å². The number of carbonyl (C=O) groups excluding carboxylic acids is 1.